The van der Waals surface area contributed by atoms with Crippen LogP contribution in [0.4, 0.5) is 0 Å². The van der Waals surface area contributed by atoms with Crippen LogP contribution in [0.25, 0.3) is 0 Å². The first kappa shape index (κ1) is 17.3. The summed E-state index contributed by atoms with van der Waals surface area (Å²) in [6, 6.07) is 0. The van der Waals surface area contributed by atoms with Crippen molar-refractivity contribution in [3.8, 4) is 0 Å². The molecule has 2 atom stereocenters. The summed E-state index contributed by atoms with van der Waals surface area (Å²) in [5, 5.41) is 4.66. The SMILES string of the molecule is CCNC(=NCCc1ncc(CC)s1)N1CC(C)CC(C)C1. The lowest BCUT2D eigenvalue weighted by Crippen LogP contribution is -2.48. The average Bonchev–Trinajstić information content (AvgIpc) is 2.93. The molecule has 4 nitrogen and oxygen atoms in total. The summed E-state index contributed by atoms with van der Waals surface area (Å²) in [6.07, 6.45) is 5.35. The molecule has 2 heterocycles. The van der Waals surface area contributed by atoms with Gasteiger partial charge in [0, 0.05) is 43.7 Å². The maximum absolute atomic E-state index is 4.83. The van der Waals surface area contributed by atoms with E-state index in [0.29, 0.717) is 0 Å². The molecular weight excluding hydrogens is 292 g/mol. The number of nitrogens with one attached hydrogen (secondary N) is 1. The van der Waals surface area contributed by atoms with E-state index < -0.39 is 0 Å². The molecule has 0 spiro atoms. The number of hydrogen-bond donors (Lipinski definition) is 1. The maximum Gasteiger partial charge on any atom is 0.193 e. The van der Waals surface area contributed by atoms with Gasteiger partial charge in [0.25, 0.3) is 0 Å². The van der Waals surface area contributed by atoms with Gasteiger partial charge in [-0.1, -0.05) is 20.8 Å². The molecule has 5 heteroatoms. The Kier molecular flexibility index (Phi) is 6.68. The second-order valence-corrected chi connectivity index (χ2v) is 7.61. The van der Waals surface area contributed by atoms with Crippen LogP contribution < -0.4 is 5.32 Å². The van der Waals surface area contributed by atoms with E-state index in [2.05, 4.69) is 42.9 Å². The first-order valence-electron chi connectivity index (χ1n) is 8.59. The molecule has 0 aromatic carbocycles. The lowest BCUT2D eigenvalue weighted by molar-refractivity contribution is 0.208. The van der Waals surface area contributed by atoms with Gasteiger partial charge >= 0.3 is 0 Å². The molecule has 1 aromatic heterocycles. The third-order valence-electron chi connectivity index (χ3n) is 4.04. The van der Waals surface area contributed by atoms with Gasteiger partial charge < -0.3 is 10.2 Å². The number of aryl methyl sites for hydroxylation is 1. The first-order chi connectivity index (χ1) is 10.6. The predicted octanol–water partition coefficient (Wildman–Crippen LogP) is 3.19. The third kappa shape index (κ3) is 4.97. The molecule has 2 rings (SSSR count). The number of thiazole rings is 1. The summed E-state index contributed by atoms with van der Waals surface area (Å²) in [5.41, 5.74) is 0. The first-order valence-corrected chi connectivity index (χ1v) is 9.40. The van der Waals surface area contributed by atoms with Crippen LogP contribution in [-0.4, -0.2) is 42.0 Å². The Balaban J connectivity index is 1.94. The van der Waals surface area contributed by atoms with Crippen molar-refractivity contribution < 1.29 is 0 Å². The van der Waals surface area contributed by atoms with E-state index in [-0.39, 0.29) is 0 Å². The number of guanidine groups is 1. The molecule has 1 saturated heterocycles. The van der Waals surface area contributed by atoms with Crippen LogP contribution in [0.2, 0.25) is 0 Å². The van der Waals surface area contributed by atoms with Crippen molar-refractivity contribution in [3.05, 3.63) is 16.1 Å². The van der Waals surface area contributed by atoms with Crippen LogP contribution in [0.5, 0.6) is 0 Å². The van der Waals surface area contributed by atoms with E-state index in [0.717, 1.165) is 56.8 Å². The Morgan fingerprint density at radius 1 is 1.36 bits per heavy atom. The van der Waals surface area contributed by atoms with Crippen molar-refractivity contribution >= 4 is 17.3 Å². The van der Waals surface area contributed by atoms with Gasteiger partial charge in [-0.3, -0.25) is 4.99 Å². The molecule has 2 unspecified atom stereocenters. The van der Waals surface area contributed by atoms with E-state index in [1.807, 2.05) is 17.5 Å². The predicted molar refractivity (Wildman–Crippen MR) is 95.7 cm³/mol. The van der Waals surface area contributed by atoms with E-state index in [1.165, 1.54) is 16.3 Å². The normalized spacial score (nSPS) is 22.9. The minimum atomic E-state index is 0.749. The number of nitrogens with zero attached hydrogens (tertiary/aromatic N) is 3. The summed E-state index contributed by atoms with van der Waals surface area (Å²) in [6.45, 7) is 13.0. The number of rotatable bonds is 5. The van der Waals surface area contributed by atoms with E-state index >= 15 is 0 Å². The molecule has 0 radical (unpaired) electrons. The minimum absolute atomic E-state index is 0.749. The molecule has 1 fully saturated rings. The molecule has 124 valence electrons. The van der Waals surface area contributed by atoms with Crippen molar-refractivity contribution in [1.29, 1.82) is 0 Å². The lowest BCUT2D eigenvalue weighted by Gasteiger charge is -2.37. The average molecular weight is 323 g/mol. The zero-order valence-electron chi connectivity index (χ0n) is 14.4. The van der Waals surface area contributed by atoms with Crippen LogP contribution in [0.3, 0.4) is 0 Å². The molecule has 22 heavy (non-hydrogen) atoms. The Hall–Kier alpha value is -1.10. The van der Waals surface area contributed by atoms with Crippen molar-refractivity contribution in [2.75, 3.05) is 26.2 Å². The van der Waals surface area contributed by atoms with Crippen molar-refractivity contribution in [2.45, 2.75) is 47.0 Å². The van der Waals surface area contributed by atoms with Gasteiger partial charge in [-0.15, -0.1) is 11.3 Å². The summed E-state index contributed by atoms with van der Waals surface area (Å²) in [4.78, 5) is 13.1. The maximum atomic E-state index is 4.83. The van der Waals surface area contributed by atoms with Crippen LogP contribution in [0.1, 0.15) is 44.0 Å². The number of aromatic nitrogens is 1. The van der Waals surface area contributed by atoms with E-state index in [9.17, 15) is 0 Å². The second-order valence-electron chi connectivity index (χ2n) is 6.41. The van der Waals surface area contributed by atoms with Crippen molar-refractivity contribution in [1.82, 2.24) is 15.2 Å². The molecule has 0 amide bonds. The largest absolute Gasteiger partial charge is 0.357 e. The molecule has 1 aromatic rings. The highest BCUT2D eigenvalue weighted by Gasteiger charge is 2.23. The molecule has 0 saturated carbocycles. The van der Waals surface area contributed by atoms with Gasteiger partial charge in [-0.25, -0.2) is 4.98 Å². The Bertz CT molecular complexity index is 473. The number of likely N-dealkylation sites (tertiary alicyclic amines) is 1. The molecule has 1 aliphatic heterocycles. The van der Waals surface area contributed by atoms with Gasteiger partial charge in [0.2, 0.25) is 0 Å². The zero-order chi connectivity index (χ0) is 15.9. The van der Waals surface area contributed by atoms with E-state index in [1.54, 1.807) is 0 Å². The second kappa shape index (κ2) is 8.51. The van der Waals surface area contributed by atoms with Crippen LogP contribution in [0.15, 0.2) is 11.2 Å². The summed E-state index contributed by atoms with van der Waals surface area (Å²) >= 11 is 1.82. The van der Waals surface area contributed by atoms with Crippen molar-refractivity contribution in [2.24, 2.45) is 16.8 Å². The highest BCUT2D eigenvalue weighted by Crippen LogP contribution is 2.21. The molecule has 0 aliphatic carbocycles. The topological polar surface area (TPSA) is 40.5 Å². The fourth-order valence-electron chi connectivity index (χ4n) is 3.15. The standard InChI is InChI=1S/C17H30N4S/c1-5-15-10-20-16(22-15)7-8-19-17(18-6-2)21-11-13(3)9-14(4)12-21/h10,13-14H,5-9,11-12H2,1-4H3,(H,18,19). The van der Waals surface area contributed by atoms with E-state index in [4.69, 9.17) is 4.99 Å². The molecule has 0 bridgehead atoms. The summed E-state index contributed by atoms with van der Waals surface area (Å²) < 4.78 is 0. The Morgan fingerprint density at radius 3 is 2.68 bits per heavy atom. The number of hydrogen-bond acceptors (Lipinski definition) is 3. The number of aliphatic imine (C=N–C) groups is 1. The fraction of sp³-hybridized carbons (Fsp3) is 0.765. The lowest BCUT2D eigenvalue weighted by atomic mass is 9.92. The van der Waals surface area contributed by atoms with Crippen LogP contribution >= 0.6 is 11.3 Å². The molecule has 1 N–H and O–H groups in total. The fourth-order valence-corrected chi connectivity index (χ4v) is 4.00. The highest BCUT2D eigenvalue weighted by molar-refractivity contribution is 7.11. The molecular formula is C17H30N4S. The minimum Gasteiger partial charge on any atom is -0.357 e. The monoisotopic (exact) mass is 322 g/mol. The molecule has 1 aliphatic rings. The van der Waals surface area contributed by atoms with Crippen LogP contribution in [0, 0.1) is 11.8 Å². The van der Waals surface area contributed by atoms with Gasteiger partial charge in [-0.2, -0.15) is 0 Å². The van der Waals surface area contributed by atoms with Crippen molar-refractivity contribution in [3.63, 3.8) is 0 Å². The smallest absolute Gasteiger partial charge is 0.193 e. The summed E-state index contributed by atoms with van der Waals surface area (Å²) in [7, 11) is 0. The Labute approximate surface area is 139 Å². The van der Waals surface area contributed by atoms with Gasteiger partial charge in [0.15, 0.2) is 5.96 Å². The highest BCUT2D eigenvalue weighted by atomic mass is 32.1. The van der Waals surface area contributed by atoms with Gasteiger partial charge in [-0.05, 0) is 31.6 Å². The third-order valence-corrected chi connectivity index (χ3v) is 5.24. The van der Waals surface area contributed by atoms with Gasteiger partial charge in [0.05, 0.1) is 5.01 Å². The van der Waals surface area contributed by atoms with Crippen LogP contribution in [-0.2, 0) is 12.8 Å². The van der Waals surface area contributed by atoms with Gasteiger partial charge in [0.1, 0.15) is 0 Å². The summed E-state index contributed by atoms with van der Waals surface area (Å²) in [5.74, 6) is 2.57. The zero-order valence-corrected chi connectivity index (χ0v) is 15.2. The quantitative estimate of drug-likeness (QED) is 0.668. The Morgan fingerprint density at radius 2 is 2.09 bits per heavy atom. The number of piperidine rings is 1.